The molecule has 0 aliphatic heterocycles. The molecule has 3 nitrogen and oxygen atoms in total. The molecule has 0 aromatic rings. The second kappa shape index (κ2) is 4.61. The monoisotopic (exact) mass is 141 g/mol. The lowest BCUT2D eigenvalue weighted by Crippen LogP contribution is -2.29. The number of carbonyl (C=O) groups is 1. The Balaban J connectivity index is 3.83. The Kier molecular flexibility index (Phi) is 4.04. The van der Waals surface area contributed by atoms with Crippen LogP contribution in [0.1, 0.15) is 0 Å². The molecule has 0 rings (SSSR count). The van der Waals surface area contributed by atoms with Gasteiger partial charge in [-0.25, -0.2) is 4.79 Å². The molecule has 3 heteroatoms. The van der Waals surface area contributed by atoms with E-state index in [1.165, 1.54) is 17.1 Å². The zero-order valence-electron chi connectivity index (χ0n) is 5.79. The summed E-state index contributed by atoms with van der Waals surface area (Å²) in [5, 5.41) is 8.47. The van der Waals surface area contributed by atoms with Crippen LogP contribution in [-0.2, 0) is 0 Å². The van der Waals surface area contributed by atoms with Crippen molar-refractivity contribution in [3.63, 3.8) is 0 Å². The highest BCUT2D eigenvalue weighted by Gasteiger charge is 2.05. The summed E-state index contributed by atoms with van der Waals surface area (Å²) in [7, 11) is 0. The Bertz CT molecular complexity index is 133. The first-order valence-electron chi connectivity index (χ1n) is 2.92. The van der Waals surface area contributed by atoms with Crippen LogP contribution in [0.4, 0.5) is 4.79 Å². The van der Waals surface area contributed by atoms with Crippen molar-refractivity contribution in [2.24, 2.45) is 0 Å². The second-order valence-corrected chi connectivity index (χ2v) is 1.76. The molecule has 0 spiro atoms. The zero-order valence-corrected chi connectivity index (χ0v) is 5.79. The summed E-state index contributed by atoms with van der Waals surface area (Å²) in [5.74, 6) is 0. The van der Waals surface area contributed by atoms with Gasteiger partial charge in [-0.3, -0.25) is 0 Å². The Hall–Kier alpha value is -1.25. The summed E-state index contributed by atoms with van der Waals surface area (Å²) in [6.45, 7) is 7.55. The quantitative estimate of drug-likeness (QED) is 0.600. The Morgan fingerprint density at radius 1 is 1.40 bits per heavy atom. The molecule has 0 saturated carbocycles. The summed E-state index contributed by atoms with van der Waals surface area (Å²) in [6, 6.07) is 0. The van der Waals surface area contributed by atoms with Gasteiger partial charge in [0.15, 0.2) is 0 Å². The minimum Gasteiger partial charge on any atom is -0.465 e. The molecule has 10 heavy (non-hydrogen) atoms. The molecular formula is C7H11NO2. The summed E-state index contributed by atoms with van der Waals surface area (Å²) < 4.78 is 0. The molecule has 56 valence electrons. The molecule has 1 N–H and O–H groups in total. The Labute approximate surface area is 60.3 Å². The SMILES string of the molecule is C=CCN(CC=C)C(=O)O. The van der Waals surface area contributed by atoms with Gasteiger partial charge in [-0.05, 0) is 0 Å². The fraction of sp³-hybridized carbons (Fsp3) is 0.286. The Morgan fingerprint density at radius 3 is 2.00 bits per heavy atom. The molecule has 0 bridgehead atoms. The second-order valence-electron chi connectivity index (χ2n) is 1.76. The minimum absolute atomic E-state index is 0.349. The molecule has 0 aromatic carbocycles. The third-order valence-corrected chi connectivity index (χ3v) is 0.969. The van der Waals surface area contributed by atoms with Gasteiger partial charge in [0.25, 0.3) is 0 Å². The third-order valence-electron chi connectivity index (χ3n) is 0.969. The molecule has 0 heterocycles. The lowest BCUT2D eigenvalue weighted by Gasteiger charge is -2.13. The molecule has 0 aromatic heterocycles. The Morgan fingerprint density at radius 2 is 1.80 bits per heavy atom. The van der Waals surface area contributed by atoms with Crippen molar-refractivity contribution in [2.45, 2.75) is 0 Å². The van der Waals surface area contributed by atoms with E-state index in [9.17, 15) is 4.79 Å². The molecular weight excluding hydrogens is 130 g/mol. The minimum atomic E-state index is -0.945. The predicted molar refractivity (Wildman–Crippen MR) is 40.0 cm³/mol. The molecule has 0 unspecified atom stereocenters. The van der Waals surface area contributed by atoms with E-state index >= 15 is 0 Å². The largest absolute Gasteiger partial charge is 0.465 e. The summed E-state index contributed by atoms with van der Waals surface area (Å²) in [6.07, 6.45) is 2.13. The number of nitrogens with zero attached hydrogens (tertiary/aromatic N) is 1. The van der Waals surface area contributed by atoms with Crippen LogP contribution in [0.15, 0.2) is 25.3 Å². The summed E-state index contributed by atoms with van der Waals surface area (Å²) >= 11 is 0. The number of rotatable bonds is 4. The van der Waals surface area contributed by atoms with Gasteiger partial charge in [0.1, 0.15) is 0 Å². The fourth-order valence-electron chi connectivity index (χ4n) is 0.542. The van der Waals surface area contributed by atoms with E-state index in [1.54, 1.807) is 0 Å². The fourth-order valence-corrected chi connectivity index (χ4v) is 0.542. The van der Waals surface area contributed by atoms with Crippen molar-refractivity contribution in [2.75, 3.05) is 13.1 Å². The van der Waals surface area contributed by atoms with E-state index in [4.69, 9.17) is 5.11 Å². The van der Waals surface area contributed by atoms with E-state index in [-0.39, 0.29) is 0 Å². The third kappa shape index (κ3) is 2.91. The smallest absolute Gasteiger partial charge is 0.407 e. The first-order valence-corrected chi connectivity index (χ1v) is 2.92. The van der Waals surface area contributed by atoms with Gasteiger partial charge in [-0.15, -0.1) is 13.2 Å². The molecule has 0 aliphatic carbocycles. The molecule has 0 radical (unpaired) electrons. The highest BCUT2D eigenvalue weighted by atomic mass is 16.4. The molecule has 0 saturated heterocycles. The van der Waals surface area contributed by atoms with Crippen LogP contribution in [0, 0.1) is 0 Å². The van der Waals surface area contributed by atoms with E-state index in [0.29, 0.717) is 13.1 Å². The van der Waals surface area contributed by atoms with Gasteiger partial charge in [-0.1, -0.05) is 12.2 Å². The standard InChI is InChI=1S/C7H11NO2/c1-3-5-8(6-4-2)7(9)10/h3-4H,1-2,5-6H2,(H,9,10). The zero-order chi connectivity index (χ0) is 7.98. The lowest BCUT2D eigenvalue weighted by molar-refractivity contribution is 0.155. The van der Waals surface area contributed by atoms with Crippen LogP contribution < -0.4 is 0 Å². The average Bonchev–Trinajstić information content (AvgIpc) is 1.87. The van der Waals surface area contributed by atoms with Crippen LogP contribution >= 0.6 is 0 Å². The van der Waals surface area contributed by atoms with Gasteiger partial charge in [0, 0.05) is 13.1 Å². The molecule has 1 amide bonds. The van der Waals surface area contributed by atoms with Crippen LogP contribution in [0.3, 0.4) is 0 Å². The van der Waals surface area contributed by atoms with Gasteiger partial charge in [0.2, 0.25) is 0 Å². The normalized spacial score (nSPS) is 8.40. The van der Waals surface area contributed by atoms with Crippen LogP contribution in [0.25, 0.3) is 0 Å². The van der Waals surface area contributed by atoms with E-state index in [2.05, 4.69) is 13.2 Å². The number of amides is 1. The lowest BCUT2D eigenvalue weighted by atomic mass is 10.5. The van der Waals surface area contributed by atoms with Gasteiger partial charge in [-0.2, -0.15) is 0 Å². The summed E-state index contributed by atoms with van der Waals surface area (Å²) in [5.41, 5.74) is 0. The van der Waals surface area contributed by atoms with Crippen LogP contribution in [-0.4, -0.2) is 29.2 Å². The average molecular weight is 141 g/mol. The first kappa shape index (κ1) is 8.75. The van der Waals surface area contributed by atoms with Gasteiger partial charge < -0.3 is 10.0 Å². The number of hydrogen-bond acceptors (Lipinski definition) is 1. The van der Waals surface area contributed by atoms with Crippen molar-refractivity contribution in [3.8, 4) is 0 Å². The molecule has 0 aliphatic rings. The van der Waals surface area contributed by atoms with Crippen molar-refractivity contribution in [1.82, 2.24) is 4.90 Å². The van der Waals surface area contributed by atoms with Crippen LogP contribution in [0.5, 0.6) is 0 Å². The predicted octanol–water partition coefficient (Wildman–Crippen LogP) is 1.34. The van der Waals surface area contributed by atoms with Crippen molar-refractivity contribution >= 4 is 6.09 Å². The first-order chi connectivity index (χ1) is 4.72. The maximum absolute atomic E-state index is 10.3. The maximum Gasteiger partial charge on any atom is 0.407 e. The molecule has 0 atom stereocenters. The highest BCUT2D eigenvalue weighted by Crippen LogP contribution is 1.88. The van der Waals surface area contributed by atoms with Gasteiger partial charge >= 0.3 is 6.09 Å². The van der Waals surface area contributed by atoms with Crippen molar-refractivity contribution in [3.05, 3.63) is 25.3 Å². The van der Waals surface area contributed by atoms with Crippen LogP contribution in [0.2, 0.25) is 0 Å². The topological polar surface area (TPSA) is 40.5 Å². The highest BCUT2D eigenvalue weighted by molar-refractivity contribution is 5.65. The van der Waals surface area contributed by atoms with Crippen molar-refractivity contribution in [1.29, 1.82) is 0 Å². The van der Waals surface area contributed by atoms with Gasteiger partial charge in [0.05, 0.1) is 0 Å². The number of carboxylic acid groups (broad SMARTS) is 1. The van der Waals surface area contributed by atoms with E-state index < -0.39 is 6.09 Å². The molecule has 0 fully saturated rings. The van der Waals surface area contributed by atoms with Crippen molar-refractivity contribution < 1.29 is 9.90 Å². The summed E-state index contributed by atoms with van der Waals surface area (Å²) in [4.78, 5) is 11.5. The van der Waals surface area contributed by atoms with E-state index in [1.807, 2.05) is 0 Å². The van der Waals surface area contributed by atoms with E-state index in [0.717, 1.165) is 0 Å². The number of hydrogen-bond donors (Lipinski definition) is 1. The maximum atomic E-state index is 10.3.